The van der Waals surface area contributed by atoms with Crippen molar-refractivity contribution in [2.24, 2.45) is 0 Å². The van der Waals surface area contributed by atoms with Crippen molar-refractivity contribution in [1.82, 2.24) is 9.13 Å². The quantitative estimate of drug-likeness (QED) is 0.213. The number of para-hydroxylation sites is 2. The highest BCUT2D eigenvalue weighted by Gasteiger charge is 2.21. The molecular formula is C39H35N3. The van der Waals surface area contributed by atoms with Gasteiger partial charge in [0.1, 0.15) is 0 Å². The average Bonchev–Trinajstić information content (AvgIpc) is 3.48. The molecule has 42 heavy (non-hydrogen) atoms. The first kappa shape index (κ1) is 26.1. The Bertz CT molecular complexity index is 2070. The van der Waals surface area contributed by atoms with Crippen LogP contribution in [0.4, 0.5) is 0 Å². The van der Waals surface area contributed by atoms with Crippen LogP contribution in [-0.4, -0.2) is 9.13 Å². The number of aromatic nitrogens is 2. The van der Waals surface area contributed by atoms with E-state index < -0.39 is 0 Å². The summed E-state index contributed by atoms with van der Waals surface area (Å²) in [6, 6.07) is 39.5. The standard InChI is InChI=1S/C39H35N3/c1-38(2,3)26-15-17-36-32(21-26)30-11-7-9-13-34(30)41(36)28-19-25(24-40)20-29(23-28)42-35-14-10-8-12-31(35)33-22-27(39(4,5)6)16-18-37(33)42/h7-23H,1-6H3. The molecule has 0 saturated heterocycles. The summed E-state index contributed by atoms with van der Waals surface area (Å²) in [6.45, 7) is 13.5. The van der Waals surface area contributed by atoms with E-state index in [0.29, 0.717) is 5.56 Å². The van der Waals surface area contributed by atoms with Gasteiger partial charge in [-0.05, 0) is 76.6 Å². The van der Waals surface area contributed by atoms with Crippen molar-refractivity contribution >= 4 is 43.6 Å². The molecule has 3 nitrogen and oxygen atoms in total. The molecule has 0 saturated carbocycles. The third-order valence-electron chi connectivity index (χ3n) is 8.63. The Morgan fingerprint density at radius 1 is 0.476 bits per heavy atom. The molecule has 0 aliphatic carbocycles. The molecule has 0 spiro atoms. The minimum atomic E-state index is 0.0503. The third-order valence-corrected chi connectivity index (χ3v) is 8.63. The van der Waals surface area contributed by atoms with E-state index in [9.17, 15) is 5.26 Å². The molecule has 0 radical (unpaired) electrons. The summed E-state index contributed by atoms with van der Waals surface area (Å²) in [5.41, 5.74) is 9.87. The summed E-state index contributed by atoms with van der Waals surface area (Å²) < 4.78 is 4.63. The lowest BCUT2D eigenvalue weighted by atomic mass is 9.86. The molecule has 0 atom stereocenters. The second kappa shape index (κ2) is 9.10. The van der Waals surface area contributed by atoms with Crippen LogP contribution in [0.1, 0.15) is 58.2 Å². The zero-order valence-corrected chi connectivity index (χ0v) is 25.2. The molecule has 0 aliphatic heterocycles. The van der Waals surface area contributed by atoms with Crippen LogP contribution in [0.5, 0.6) is 0 Å². The summed E-state index contributed by atoms with van der Waals surface area (Å²) in [5.74, 6) is 0. The molecule has 5 aromatic carbocycles. The minimum absolute atomic E-state index is 0.0503. The van der Waals surface area contributed by atoms with Gasteiger partial charge in [-0.1, -0.05) is 90.1 Å². The molecule has 0 bridgehead atoms. The summed E-state index contributed by atoms with van der Waals surface area (Å²) in [7, 11) is 0. The molecule has 0 aliphatic rings. The van der Waals surface area contributed by atoms with Crippen LogP contribution < -0.4 is 0 Å². The number of rotatable bonds is 2. The molecule has 0 amide bonds. The first-order valence-corrected chi connectivity index (χ1v) is 14.7. The molecule has 2 aromatic heterocycles. The first-order valence-electron chi connectivity index (χ1n) is 14.7. The maximum Gasteiger partial charge on any atom is 0.0993 e. The summed E-state index contributed by atoms with van der Waals surface area (Å²) >= 11 is 0. The second-order valence-corrected chi connectivity index (χ2v) is 13.5. The van der Waals surface area contributed by atoms with Gasteiger partial charge in [-0.25, -0.2) is 0 Å². The van der Waals surface area contributed by atoms with Gasteiger partial charge in [0.2, 0.25) is 0 Å². The Morgan fingerprint density at radius 2 is 0.881 bits per heavy atom. The number of nitriles is 1. The van der Waals surface area contributed by atoms with Gasteiger partial charge in [-0.2, -0.15) is 5.26 Å². The second-order valence-electron chi connectivity index (χ2n) is 13.5. The highest BCUT2D eigenvalue weighted by Crippen LogP contribution is 2.38. The van der Waals surface area contributed by atoms with Crippen molar-refractivity contribution in [3.8, 4) is 17.4 Å². The van der Waals surface area contributed by atoms with E-state index in [0.717, 1.165) is 33.4 Å². The van der Waals surface area contributed by atoms with E-state index in [1.807, 2.05) is 12.1 Å². The molecule has 3 heteroatoms. The zero-order valence-electron chi connectivity index (χ0n) is 25.2. The molecule has 7 aromatic rings. The number of hydrogen-bond donors (Lipinski definition) is 0. The fourth-order valence-corrected chi connectivity index (χ4v) is 6.35. The monoisotopic (exact) mass is 545 g/mol. The normalized spacial score (nSPS) is 12.5. The number of fused-ring (bicyclic) bond motifs is 6. The average molecular weight is 546 g/mol. The SMILES string of the molecule is CC(C)(C)c1ccc2c(c1)c1ccccc1n2-c1cc(C#N)cc(-n2c3ccccc3c3cc(C(C)(C)C)ccc32)c1. The first-order chi connectivity index (χ1) is 20.0. The summed E-state index contributed by atoms with van der Waals surface area (Å²) in [4.78, 5) is 0. The van der Waals surface area contributed by atoms with Crippen molar-refractivity contribution < 1.29 is 0 Å². The molecule has 7 rings (SSSR count). The van der Waals surface area contributed by atoms with Gasteiger partial charge in [0, 0.05) is 32.9 Å². The minimum Gasteiger partial charge on any atom is -0.309 e. The van der Waals surface area contributed by atoms with E-state index in [1.165, 1.54) is 32.7 Å². The zero-order chi connectivity index (χ0) is 29.4. The predicted molar refractivity (Wildman–Crippen MR) is 177 cm³/mol. The Morgan fingerprint density at radius 3 is 1.29 bits per heavy atom. The summed E-state index contributed by atoms with van der Waals surface area (Å²) in [5, 5.41) is 15.1. The smallest absolute Gasteiger partial charge is 0.0993 e. The number of hydrogen-bond acceptors (Lipinski definition) is 1. The Hall–Kier alpha value is -4.81. The van der Waals surface area contributed by atoms with Crippen LogP contribution in [0.25, 0.3) is 55.0 Å². The maximum atomic E-state index is 10.2. The van der Waals surface area contributed by atoms with Crippen molar-refractivity contribution in [2.75, 3.05) is 0 Å². The van der Waals surface area contributed by atoms with Crippen molar-refractivity contribution in [3.05, 3.63) is 120 Å². The van der Waals surface area contributed by atoms with Gasteiger partial charge in [0.15, 0.2) is 0 Å². The molecule has 0 fully saturated rings. The fraction of sp³-hybridized carbons (Fsp3) is 0.205. The van der Waals surface area contributed by atoms with Gasteiger partial charge < -0.3 is 9.13 Å². The van der Waals surface area contributed by atoms with Crippen LogP contribution >= 0.6 is 0 Å². The predicted octanol–water partition coefficient (Wildman–Crippen LogP) is 10.3. The van der Waals surface area contributed by atoms with Gasteiger partial charge in [-0.15, -0.1) is 0 Å². The van der Waals surface area contributed by atoms with E-state index in [1.54, 1.807) is 0 Å². The van der Waals surface area contributed by atoms with Crippen molar-refractivity contribution in [3.63, 3.8) is 0 Å². The highest BCUT2D eigenvalue weighted by atomic mass is 15.0. The van der Waals surface area contributed by atoms with Gasteiger partial charge in [-0.3, -0.25) is 0 Å². The lowest BCUT2D eigenvalue weighted by Gasteiger charge is -2.19. The van der Waals surface area contributed by atoms with Gasteiger partial charge in [0.05, 0.1) is 33.7 Å². The lowest BCUT2D eigenvalue weighted by molar-refractivity contribution is 0.591. The number of nitrogens with zero attached hydrogens (tertiary/aromatic N) is 3. The molecule has 206 valence electrons. The lowest BCUT2D eigenvalue weighted by Crippen LogP contribution is -2.10. The third kappa shape index (κ3) is 4.02. The van der Waals surface area contributed by atoms with Gasteiger partial charge in [0.25, 0.3) is 0 Å². The molecule has 0 N–H and O–H groups in total. The van der Waals surface area contributed by atoms with Crippen LogP contribution in [-0.2, 0) is 10.8 Å². The van der Waals surface area contributed by atoms with Crippen molar-refractivity contribution in [1.29, 1.82) is 5.26 Å². The van der Waals surface area contributed by atoms with E-state index in [-0.39, 0.29) is 10.8 Å². The maximum absolute atomic E-state index is 10.2. The summed E-state index contributed by atoms with van der Waals surface area (Å²) in [6.07, 6.45) is 0. The highest BCUT2D eigenvalue weighted by molar-refractivity contribution is 6.11. The van der Waals surface area contributed by atoms with Crippen molar-refractivity contribution in [2.45, 2.75) is 52.4 Å². The molecule has 0 unspecified atom stereocenters. The van der Waals surface area contributed by atoms with Crippen LogP contribution in [0.3, 0.4) is 0 Å². The Kier molecular flexibility index (Phi) is 5.66. The molecular weight excluding hydrogens is 510 g/mol. The van der Waals surface area contributed by atoms with E-state index in [4.69, 9.17) is 0 Å². The largest absolute Gasteiger partial charge is 0.309 e. The Balaban J connectivity index is 1.54. The van der Waals surface area contributed by atoms with Crippen LogP contribution in [0.15, 0.2) is 103 Å². The van der Waals surface area contributed by atoms with E-state index in [2.05, 4.69) is 148 Å². The van der Waals surface area contributed by atoms with E-state index >= 15 is 0 Å². The number of benzene rings is 5. The fourth-order valence-electron chi connectivity index (χ4n) is 6.35. The Labute approximate surface area is 247 Å². The van der Waals surface area contributed by atoms with Crippen LogP contribution in [0, 0.1) is 11.3 Å². The van der Waals surface area contributed by atoms with Crippen LogP contribution in [0.2, 0.25) is 0 Å². The topological polar surface area (TPSA) is 33.6 Å². The van der Waals surface area contributed by atoms with Gasteiger partial charge >= 0.3 is 0 Å². The molecule has 2 heterocycles.